The van der Waals surface area contributed by atoms with E-state index in [4.69, 9.17) is 10.3 Å². The fourth-order valence-electron chi connectivity index (χ4n) is 1.10. The first-order valence-electron chi connectivity index (χ1n) is 5.58. The molecule has 3 N–H and O–H groups in total. The smallest absolute Gasteiger partial charge is 0.228 e. The molecule has 0 aromatic carbocycles. The molecule has 1 aromatic rings. The third kappa shape index (κ3) is 3.26. The van der Waals surface area contributed by atoms with Crippen LogP contribution in [0.1, 0.15) is 33.6 Å². The minimum absolute atomic E-state index is 0.0792. The number of nitrogens with zero attached hydrogens (tertiary/aromatic N) is 2. The maximum absolute atomic E-state index is 12.0. The van der Waals surface area contributed by atoms with Gasteiger partial charge in [-0.15, -0.1) is 0 Å². The molecular weight excluding hydrogens is 220 g/mol. The quantitative estimate of drug-likeness (QED) is 0.781. The molecular formula is C11H20N4O2. The summed E-state index contributed by atoms with van der Waals surface area (Å²) < 4.78 is 4.83. The lowest BCUT2D eigenvalue weighted by Gasteiger charge is -2.36. The molecule has 0 unspecified atom stereocenters. The summed E-state index contributed by atoms with van der Waals surface area (Å²) in [5.41, 5.74) is 4.76. The van der Waals surface area contributed by atoms with Gasteiger partial charge in [-0.1, -0.05) is 5.16 Å². The maximum Gasteiger partial charge on any atom is 0.228 e. The Bertz CT molecular complexity index is 365. The molecule has 6 heteroatoms. The van der Waals surface area contributed by atoms with E-state index in [2.05, 4.69) is 15.5 Å². The van der Waals surface area contributed by atoms with Crippen molar-refractivity contribution in [1.82, 2.24) is 15.5 Å². The molecule has 96 valence electrons. The topological polar surface area (TPSA) is 94.0 Å². The van der Waals surface area contributed by atoms with Crippen molar-refractivity contribution in [1.29, 1.82) is 0 Å². The number of rotatable bonds is 5. The van der Waals surface area contributed by atoms with Crippen molar-refractivity contribution in [3.05, 3.63) is 12.2 Å². The highest BCUT2D eigenvalue weighted by Crippen LogP contribution is 2.28. The summed E-state index contributed by atoms with van der Waals surface area (Å²) in [6.07, 6.45) is 1.86. The Hall–Kier alpha value is -1.43. The second kappa shape index (κ2) is 4.83. The van der Waals surface area contributed by atoms with Crippen LogP contribution in [-0.4, -0.2) is 28.1 Å². The van der Waals surface area contributed by atoms with Gasteiger partial charge in [0.2, 0.25) is 11.8 Å². The van der Waals surface area contributed by atoms with E-state index in [0.717, 1.165) is 0 Å². The lowest BCUT2D eigenvalue weighted by atomic mass is 9.74. The predicted molar refractivity (Wildman–Crippen MR) is 63.1 cm³/mol. The lowest BCUT2D eigenvalue weighted by Crippen LogP contribution is -2.55. The van der Waals surface area contributed by atoms with Crippen molar-refractivity contribution in [2.24, 2.45) is 11.1 Å². The largest absolute Gasteiger partial charge is 0.355 e. The summed E-state index contributed by atoms with van der Waals surface area (Å²) in [6.45, 7) is 7.79. The van der Waals surface area contributed by atoms with Crippen molar-refractivity contribution in [2.45, 2.75) is 39.7 Å². The van der Waals surface area contributed by atoms with Gasteiger partial charge in [0.25, 0.3) is 0 Å². The first-order chi connectivity index (χ1) is 7.75. The van der Waals surface area contributed by atoms with Crippen molar-refractivity contribution in [3.63, 3.8) is 0 Å². The van der Waals surface area contributed by atoms with Crippen LogP contribution in [0, 0.1) is 5.41 Å². The molecule has 1 amide bonds. The zero-order chi connectivity index (χ0) is 13.1. The van der Waals surface area contributed by atoms with Gasteiger partial charge in [0.15, 0.2) is 6.33 Å². The SMILES string of the molecule is CC(C)(N)C(C)(C)C(=O)NCCc1ncno1. The molecule has 0 spiro atoms. The van der Waals surface area contributed by atoms with E-state index in [1.807, 2.05) is 27.7 Å². The average molecular weight is 240 g/mol. The zero-order valence-corrected chi connectivity index (χ0v) is 10.8. The number of nitrogens with two attached hydrogens (primary N) is 1. The summed E-state index contributed by atoms with van der Waals surface area (Å²) in [4.78, 5) is 15.9. The number of nitrogens with one attached hydrogen (secondary N) is 1. The monoisotopic (exact) mass is 240 g/mol. The Morgan fingerprint density at radius 1 is 1.47 bits per heavy atom. The van der Waals surface area contributed by atoms with E-state index < -0.39 is 11.0 Å². The highest BCUT2D eigenvalue weighted by atomic mass is 16.5. The van der Waals surface area contributed by atoms with E-state index in [0.29, 0.717) is 18.9 Å². The van der Waals surface area contributed by atoms with Crippen LogP contribution in [0.2, 0.25) is 0 Å². The third-order valence-electron chi connectivity index (χ3n) is 3.21. The normalized spacial score (nSPS) is 12.5. The van der Waals surface area contributed by atoms with E-state index in [1.165, 1.54) is 6.33 Å². The summed E-state index contributed by atoms with van der Waals surface area (Å²) in [5.74, 6) is 0.430. The minimum Gasteiger partial charge on any atom is -0.355 e. The van der Waals surface area contributed by atoms with Crippen LogP contribution in [0.25, 0.3) is 0 Å². The molecule has 0 aliphatic rings. The Kier molecular flexibility index (Phi) is 3.87. The van der Waals surface area contributed by atoms with Gasteiger partial charge in [0, 0.05) is 18.5 Å². The average Bonchev–Trinajstić information content (AvgIpc) is 2.68. The van der Waals surface area contributed by atoms with Crippen molar-refractivity contribution in [3.8, 4) is 0 Å². The Morgan fingerprint density at radius 2 is 2.12 bits per heavy atom. The van der Waals surface area contributed by atoms with Crippen molar-refractivity contribution < 1.29 is 9.32 Å². The van der Waals surface area contributed by atoms with Crippen molar-refractivity contribution in [2.75, 3.05) is 6.54 Å². The molecule has 6 nitrogen and oxygen atoms in total. The lowest BCUT2D eigenvalue weighted by molar-refractivity contribution is -0.132. The van der Waals surface area contributed by atoms with Crippen LogP contribution in [0.15, 0.2) is 10.9 Å². The second-order valence-corrected chi connectivity index (χ2v) is 5.19. The number of carbonyl (C=O) groups excluding carboxylic acids is 1. The van der Waals surface area contributed by atoms with Crippen LogP contribution >= 0.6 is 0 Å². The summed E-state index contributed by atoms with van der Waals surface area (Å²) in [6, 6.07) is 0. The zero-order valence-electron chi connectivity index (χ0n) is 10.8. The van der Waals surface area contributed by atoms with E-state index in [1.54, 1.807) is 0 Å². The van der Waals surface area contributed by atoms with Gasteiger partial charge in [0.05, 0.1) is 5.41 Å². The van der Waals surface area contributed by atoms with E-state index in [9.17, 15) is 4.79 Å². The van der Waals surface area contributed by atoms with E-state index >= 15 is 0 Å². The second-order valence-electron chi connectivity index (χ2n) is 5.19. The molecule has 1 rings (SSSR count). The van der Waals surface area contributed by atoms with Crippen LogP contribution in [0.5, 0.6) is 0 Å². The molecule has 0 aliphatic heterocycles. The Morgan fingerprint density at radius 3 is 2.59 bits per heavy atom. The molecule has 17 heavy (non-hydrogen) atoms. The number of aromatic nitrogens is 2. The molecule has 0 fully saturated rings. The molecule has 0 radical (unpaired) electrons. The number of hydrogen-bond donors (Lipinski definition) is 2. The summed E-state index contributed by atoms with van der Waals surface area (Å²) >= 11 is 0. The highest BCUT2D eigenvalue weighted by molar-refractivity contribution is 5.83. The van der Waals surface area contributed by atoms with Gasteiger partial charge in [-0.2, -0.15) is 4.98 Å². The van der Waals surface area contributed by atoms with Crippen LogP contribution in [0.4, 0.5) is 0 Å². The molecule has 0 bridgehead atoms. The number of amides is 1. The molecule has 0 saturated heterocycles. The van der Waals surface area contributed by atoms with Crippen molar-refractivity contribution >= 4 is 5.91 Å². The standard InChI is InChI=1S/C11H20N4O2/c1-10(2,11(3,4)12)9(16)13-6-5-8-14-7-15-17-8/h7H,5-6,12H2,1-4H3,(H,13,16). The van der Waals surface area contributed by atoms with Gasteiger partial charge < -0.3 is 15.6 Å². The number of hydrogen-bond acceptors (Lipinski definition) is 5. The van der Waals surface area contributed by atoms with Crippen LogP contribution < -0.4 is 11.1 Å². The highest BCUT2D eigenvalue weighted by Gasteiger charge is 2.40. The van der Waals surface area contributed by atoms with Crippen LogP contribution in [-0.2, 0) is 11.2 Å². The first-order valence-corrected chi connectivity index (χ1v) is 5.58. The predicted octanol–water partition coefficient (Wildman–Crippen LogP) is 0.492. The molecule has 0 aliphatic carbocycles. The number of carbonyl (C=O) groups is 1. The first kappa shape index (κ1) is 13.6. The Labute approximate surface area is 101 Å². The van der Waals surface area contributed by atoms with Gasteiger partial charge >= 0.3 is 0 Å². The molecule has 1 aromatic heterocycles. The minimum atomic E-state index is -0.637. The van der Waals surface area contributed by atoms with Gasteiger partial charge in [-0.3, -0.25) is 4.79 Å². The summed E-state index contributed by atoms with van der Waals surface area (Å²) in [7, 11) is 0. The van der Waals surface area contributed by atoms with Crippen LogP contribution in [0.3, 0.4) is 0 Å². The summed E-state index contributed by atoms with van der Waals surface area (Å²) in [5, 5.41) is 6.31. The maximum atomic E-state index is 12.0. The van der Waals surface area contributed by atoms with Gasteiger partial charge in [-0.25, -0.2) is 0 Å². The molecule has 0 atom stereocenters. The fourth-order valence-corrected chi connectivity index (χ4v) is 1.10. The molecule has 0 saturated carbocycles. The van der Waals surface area contributed by atoms with Gasteiger partial charge in [0.1, 0.15) is 0 Å². The Balaban J connectivity index is 2.45. The molecule has 1 heterocycles. The third-order valence-corrected chi connectivity index (χ3v) is 3.21. The van der Waals surface area contributed by atoms with Gasteiger partial charge in [-0.05, 0) is 27.7 Å². The fraction of sp³-hybridized carbons (Fsp3) is 0.727. The van der Waals surface area contributed by atoms with E-state index in [-0.39, 0.29) is 5.91 Å².